The number of halogens is 2. The zero-order chi connectivity index (χ0) is 14.3. The van der Waals surface area contributed by atoms with Crippen LogP contribution in [0.3, 0.4) is 0 Å². The smallest absolute Gasteiger partial charge is 0.0175 e. The molecule has 2 rings (SSSR count). The van der Waals surface area contributed by atoms with Crippen molar-refractivity contribution in [3.05, 3.63) is 68.6 Å². The highest BCUT2D eigenvalue weighted by atomic mass is 79.9. The van der Waals surface area contributed by atoms with Crippen LogP contribution in [0, 0.1) is 0 Å². The van der Waals surface area contributed by atoms with Crippen LogP contribution in [0.5, 0.6) is 0 Å². The maximum absolute atomic E-state index is 3.39. The van der Waals surface area contributed by atoms with Crippen LogP contribution in [0.2, 0.25) is 0 Å². The van der Waals surface area contributed by atoms with Crippen molar-refractivity contribution in [2.45, 2.75) is 33.1 Å². The lowest BCUT2D eigenvalue weighted by atomic mass is 10.0. The molecular formula is C17H20Br2. The van der Waals surface area contributed by atoms with E-state index >= 15 is 0 Å². The number of benzene rings is 2. The van der Waals surface area contributed by atoms with E-state index in [0.717, 1.165) is 15.4 Å². The fourth-order valence-corrected chi connectivity index (χ4v) is 2.10. The highest BCUT2D eigenvalue weighted by Crippen LogP contribution is 2.17. The van der Waals surface area contributed by atoms with Gasteiger partial charge in [-0.25, -0.2) is 0 Å². The molecular weight excluding hydrogens is 364 g/mol. The van der Waals surface area contributed by atoms with Gasteiger partial charge in [0.25, 0.3) is 0 Å². The van der Waals surface area contributed by atoms with Crippen molar-refractivity contribution in [1.29, 1.82) is 0 Å². The molecule has 0 aliphatic carbocycles. The Labute approximate surface area is 133 Å². The second-order valence-corrected chi connectivity index (χ2v) is 6.52. The number of hydrogen-bond acceptors (Lipinski definition) is 0. The first-order valence-corrected chi connectivity index (χ1v) is 8.11. The molecule has 0 aliphatic rings. The minimum Gasteiger partial charge on any atom is -0.0613 e. The van der Waals surface area contributed by atoms with E-state index in [9.17, 15) is 0 Å². The standard InChI is InChI=1S/C9H11Br.C8H9Br/c1-7(2)8-3-5-9(10)6-4-8;1-2-7-3-5-8(9)6-4-7/h3-7H,1-2H3;3-6H,2H2,1H3. The van der Waals surface area contributed by atoms with Crippen LogP contribution in [0.4, 0.5) is 0 Å². The fraction of sp³-hybridized carbons (Fsp3) is 0.294. The summed E-state index contributed by atoms with van der Waals surface area (Å²) in [5.74, 6) is 0.632. The monoisotopic (exact) mass is 382 g/mol. The van der Waals surface area contributed by atoms with Gasteiger partial charge in [0, 0.05) is 8.95 Å². The Kier molecular flexibility index (Phi) is 7.40. The summed E-state index contributed by atoms with van der Waals surface area (Å²) < 4.78 is 2.30. The summed E-state index contributed by atoms with van der Waals surface area (Å²) in [5, 5.41) is 0. The molecule has 0 N–H and O–H groups in total. The molecule has 0 unspecified atom stereocenters. The summed E-state index contributed by atoms with van der Waals surface area (Å²) in [6.45, 7) is 6.55. The van der Waals surface area contributed by atoms with Gasteiger partial charge >= 0.3 is 0 Å². The van der Waals surface area contributed by atoms with Crippen molar-refractivity contribution < 1.29 is 0 Å². The Bertz CT molecular complexity index is 470. The van der Waals surface area contributed by atoms with Crippen LogP contribution < -0.4 is 0 Å². The molecule has 0 radical (unpaired) electrons. The molecule has 2 aromatic rings. The second kappa shape index (κ2) is 8.55. The lowest BCUT2D eigenvalue weighted by Gasteiger charge is -2.03. The van der Waals surface area contributed by atoms with Crippen LogP contribution >= 0.6 is 31.9 Å². The maximum Gasteiger partial charge on any atom is 0.0175 e. The third-order valence-corrected chi connectivity index (χ3v) is 3.92. The number of aryl methyl sites for hydroxylation is 1. The third-order valence-electron chi connectivity index (χ3n) is 2.86. The molecule has 0 amide bonds. The van der Waals surface area contributed by atoms with Gasteiger partial charge in [-0.15, -0.1) is 0 Å². The molecule has 0 aromatic heterocycles. The molecule has 0 aliphatic heterocycles. The van der Waals surface area contributed by atoms with Gasteiger partial charge in [-0.05, 0) is 47.7 Å². The van der Waals surface area contributed by atoms with Gasteiger partial charge in [-0.3, -0.25) is 0 Å². The molecule has 102 valence electrons. The van der Waals surface area contributed by atoms with Gasteiger partial charge in [0.1, 0.15) is 0 Å². The molecule has 2 aromatic carbocycles. The summed E-state index contributed by atoms with van der Waals surface area (Å²) in [6.07, 6.45) is 1.12. The first kappa shape index (κ1) is 16.5. The van der Waals surface area contributed by atoms with Crippen molar-refractivity contribution in [2.75, 3.05) is 0 Å². The molecule has 2 heteroatoms. The zero-order valence-corrected chi connectivity index (χ0v) is 14.8. The van der Waals surface area contributed by atoms with Gasteiger partial charge in [0.2, 0.25) is 0 Å². The van der Waals surface area contributed by atoms with Gasteiger partial charge < -0.3 is 0 Å². The average Bonchev–Trinajstić information content (AvgIpc) is 2.41. The predicted octanol–water partition coefficient (Wildman–Crippen LogP) is 6.58. The third kappa shape index (κ3) is 6.40. The Morgan fingerprint density at radius 2 is 1.21 bits per heavy atom. The highest BCUT2D eigenvalue weighted by Gasteiger charge is 1.95. The van der Waals surface area contributed by atoms with Crippen molar-refractivity contribution in [3.63, 3.8) is 0 Å². The van der Waals surface area contributed by atoms with Crippen molar-refractivity contribution in [3.8, 4) is 0 Å². The van der Waals surface area contributed by atoms with Crippen LogP contribution in [-0.4, -0.2) is 0 Å². The summed E-state index contributed by atoms with van der Waals surface area (Å²) in [5.41, 5.74) is 2.78. The average molecular weight is 384 g/mol. The Balaban J connectivity index is 0.000000191. The maximum atomic E-state index is 3.39. The highest BCUT2D eigenvalue weighted by molar-refractivity contribution is 9.10. The van der Waals surface area contributed by atoms with E-state index in [1.54, 1.807) is 0 Å². The topological polar surface area (TPSA) is 0 Å². The fourth-order valence-electron chi connectivity index (χ4n) is 1.57. The van der Waals surface area contributed by atoms with E-state index in [-0.39, 0.29) is 0 Å². The summed E-state index contributed by atoms with van der Waals surface area (Å²) >= 11 is 6.77. The minimum atomic E-state index is 0.632. The Hall–Kier alpha value is -0.600. The van der Waals surface area contributed by atoms with Gasteiger partial charge in [-0.2, -0.15) is 0 Å². The summed E-state index contributed by atoms with van der Waals surface area (Å²) in [4.78, 5) is 0. The van der Waals surface area contributed by atoms with E-state index in [1.165, 1.54) is 11.1 Å². The lowest BCUT2D eigenvalue weighted by molar-refractivity contribution is 0.866. The summed E-state index contributed by atoms with van der Waals surface area (Å²) in [6, 6.07) is 16.8. The van der Waals surface area contributed by atoms with Crippen molar-refractivity contribution in [2.24, 2.45) is 0 Å². The molecule has 0 atom stereocenters. The molecule has 19 heavy (non-hydrogen) atoms. The number of hydrogen-bond donors (Lipinski definition) is 0. The van der Waals surface area contributed by atoms with Crippen LogP contribution in [0.15, 0.2) is 57.5 Å². The predicted molar refractivity (Wildman–Crippen MR) is 91.8 cm³/mol. The largest absolute Gasteiger partial charge is 0.0613 e. The van der Waals surface area contributed by atoms with E-state index in [2.05, 4.69) is 101 Å². The van der Waals surface area contributed by atoms with Gasteiger partial charge in [0.15, 0.2) is 0 Å². The lowest BCUT2D eigenvalue weighted by Crippen LogP contribution is -1.84. The minimum absolute atomic E-state index is 0.632. The second-order valence-electron chi connectivity index (χ2n) is 4.69. The van der Waals surface area contributed by atoms with Crippen LogP contribution in [0.25, 0.3) is 0 Å². The van der Waals surface area contributed by atoms with Crippen LogP contribution in [-0.2, 0) is 6.42 Å². The first-order valence-electron chi connectivity index (χ1n) is 6.52. The quantitative estimate of drug-likeness (QED) is 0.549. The Morgan fingerprint density at radius 3 is 1.58 bits per heavy atom. The summed E-state index contributed by atoms with van der Waals surface area (Å²) in [7, 11) is 0. The van der Waals surface area contributed by atoms with Crippen molar-refractivity contribution in [1.82, 2.24) is 0 Å². The molecule has 0 saturated heterocycles. The molecule has 0 heterocycles. The SMILES string of the molecule is CC(C)c1ccc(Br)cc1.CCc1ccc(Br)cc1. The van der Waals surface area contributed by atoms with E-state index in [0.29, 0.717) is 5.92 Å². The van der Waals surface area contributed by atoms with E-state index in [4.69, 9.17) is 0 Å². The molecule has 0 saturated carbocycles. The van der Waals surface area contributed by atoms with E-state index < -0.39 is 0 Å². The van der Waals surface area contributed by atoms with Crippen LogP contribution in [0.1, 0.15) is 37.8 Å². The number of rotatable bonds is 2. The molecule has 0 nitrogen and oxygen atoms in total. The van der Waals surface area contributed by atoms with Crippen molar-refractivity contribution >= 4 is 31.9 Å². The normalized spacial score (nSPS) is 10.0. The zero-order valence-electron chi connectivity index (χ0n) is 11.7. The molecule has 0 fully saturated rings. The first-order chi connectivity index (χ1) is 9.02. The molecule has 0 spiro atoms. The Morgan fingerprint density at radius 1 is 0.789 bits per heavy atom. The van der Waals surface area contributed by atoms with Gasteiger partial charge in [0.05, 0.1) is 0 Å². The van der Waals surface area contributed by atoms with Gasteiger partial charge in [-0.1, -0.05) is 76.9 Å². The van der Waals surface area contributed by atoms with E-state index in [1.807, 2.05) is 0 Å². The molecule has 0 bridgehead atoms.